The molecule has 4 nitrogen and oxygen atoms in total. The van der Waals surface area contributed by atoms with E-state index in [9.17, 15) is 9.18 Å². The molecule has 1 aromatic rings. The lowest BCUT2D eigenvalue weighted by Gasteiger charge is -2.38. The number of nitrogens with two attached hydrogens (primary N) is 1. The number of benzene rings is 1. The van der Waals surface area contributed by atoms with Crippen LogP contribution in [0.3, 0.4) is 0 Å². The van der Waals surface area contributed by atoms with Crippen molar-refractivity contribution < 1.29 is 13.9 Å². The van der Waals surface area contributed by atoms with Gasteiger partial charge in [-0.05, 0) is 62.0 Å². The molecule has 0 aromatic heterocycles. The van der Waals surface area contributed by atoms with Crippen LogP contribution in [0.5, 0.6) is 5.75 Å². The predicted octanol–water partition coefficient (Wildman–Crippen LogP) is 2.57. The Hall–Kier alpha value is -1.62. The van der Waals surface area contributed by atoms with Gasteiger partial charge in [-0.2, -0.15) is 0 Å². The maximum Gasteiger partial charge on any atom is 0.217 e. The van der Waals surface area contributed by atoms with Crippen LogP contribution < -0.4 is 10.5 Å². The van der Waals surface area contributed by atoms with Crippen molar-refractivity contribution in [1.29, 1.82) is 0 Å². The van der Waals surface area contributed by atoms with Gasteiger partial charge in [0, 0.05) is 13.0 Å². The highest BCUT2D eigenvalue weighted by Gasteiger charge is 2.31. The summed E-state index contributed by atoms with van der Waals surface area (Å²) in [5, 5.41) is 0. The maximum absolute atomic E-state index is 12.8. The molecule has 1 heterocycles. The Labute approximate surface area is 131 Å². The number of halogens is 1. The number of ether oxygens (including phenoxy) is 1. The number of rotatable bonds is 7. The lowest BCUT2D eigenvalue weighted by Crippen LogP contribution is -2.41. The number of amides is 1. The van der Waals surface area contributed by atoms with Crippen LogP contribution in [0, 0.1) is 11.2 Å². The molecular weight excluding hydrogens is 283 g/mol. The SMILES string of the molecule is CC1(CC(N)=O)CCN(CCCOc2ccc(F)cc2)CC1. The second-order valence-electron chi connectivity index (χ2n) is 6.45. The number of piperidine rings is 1. The molecule has 0 saturated carbocycles. The van der Waals surface area contributed by atoms with Crippen LogP contribution >= 0.6 is 0 Å². The molecule has 1 amide bonds. The molecular formula is C17H25FN2O2. The Morgan fingerprint density at radius 3 is 2.55 bits per heavy atom. The van der Waals surface area contributed by atoms with Crippen LogP contribution in [0.4, 0.5) is 4.39 Å². The largest absolute Gasteiger partial charge is 0.494 e. The Kier molecular flexibility index (Phi) is 5.77. The van der Waals surface area contributed by atoms with E-state index in [2.05, 4.69) is 11.8 Å². The summed E-state index contributed by atoms with van der Waals surface area (Å²) < 4.78 is 18.4. The summed E-state index contributed by atoms with van der Waals surface area (Å²) in [4.78, 5) is 13.5. The maximum atomic E-state index is 12.8. The van der Waals surface area contributed by atoms with Crippen LogP contribution in [0.1, 0.15) is 32.6 Å². The predicted molar refractivity (Wildman–Crippen MR) is 84.1 cm³/mol. The Balaban J connectivity index is 1.63. The van der Waals surface area contributed by atoms with E-state index in [-0.39, 0.29) is 17.1 Å². The van der Waals surface area contributed by atoms with Gasteiger partial charge in [-0.25, -0.2) is 4.39 Å². The Morgan fingerprint density at radius 2 is 1.95 bits per heavy atom. The van der Waals surface area contributed by atoms with Crippen LogP contribution in [0.15, 0.2) is 24.3 Å². The van der Waals surface area contributed by atoms with Gasteiger partial charge in [0.2, 0.25) is 5.91 Å². The van der Waals surface area contributed by atoms with E-state index in [0.717, 1.165) is 38.9 Å². The molecule has 0 radical (unpaired) electrons. The fourth-order valence-electron chi connectivity index (χ4n) is 2.92. The number of hydrogen-bond donors (Lipinski definition) is 1. The standard InChI is InChI=1S/C17H25FN2O2/c1-17(13-16(19)21)7-10-20(11-8-17)9-2-12-22-15-5-3-14(18)4-6-15/h3-6H,2,7-13H2,1H3,(H2,19,21). The molecule has 1 aliphatic heterocycles. The molecule has 1 fully saturated rings. The molecule has 0 spiro atoms. The molecule has 0 bridgehead atoms. The monoisotopic (exact) mass is 308 g/mol. The zero-order chi connectivity index (χ0) is 16.0. The Bertz CT molecular complexity index is 482. The molecule has 1 aromatic carbocycles. The fraction of sp³-hybridized carbons (Fsp3) is 0.588. The van der Waals surface area contributed by atoms with Gasteiger partial charge in [-0.15, -0.1) is 0 Å². The van der Waals surface area contributed by atoms with E-state index >= 15 is 0 Å². The highest BCUT2D eigenvalue weighted by Crippen LogP contribution is 2.34. The summed E-state index contributed by atoms with van der Waals surface area (Å²) in [6, 6.07) is 6.09. The quantitative estimate of drug-likeness (QED) is 0.788. The summed E-state index contributed by atoms with van der Waals surface area (Å²) in [5.74, 6) is 0.248. The van der Waals surface area contributed by atoms with E-state index in [1.165, 1.54) is 12.1 Å². The zero-order valence-electron chi connectivity index (χ0n) is 13.2. The van der Waals surface area contributed by atoms with E-state index in [4.69, 9.17) is 10.5 Å². The lowest BCUT2D eigenvalue weighted by atomic mass is 9.77. The molecule has 0 atom stereocenters. The minimum Gasteiger partial charge on any atom is -0.494 e. The van der Waals surface area contributed by atoms with Gasteiger partial charge in [0.15, 0.2) is 0 Å². The number of likely N-dealkylation sites (tertiary alicyclic amines) is 1. The van der Waals surface area contributed by atoms with Crippen molar-refractivity contribution in [3.8, 4) is 5.75 Å². The summed E-state index contributed by atoms with van der Waals surface area (Å²) in [7, 11) is 0. The number of hydrogen-bond acceptors (Lipinski definition) is 3. The highest BCUT2D eigenvalue weighted by atomic mass is 19.1. The molecule has 1 aliphatic rings. The van der Waals surface area contributed by atoms with Crippen molar-refractivity contribution >= 4 is 5.91 Å². The van der Waals surface area contributed by atoms with E-state index < -0.39 is 0 Å². The first-order valence-electron chi connectivity index (χ1n) is 7.86. The molecule has 1 saturated heterocycles. The highest BCUT2D eigenvalue weighted by molar-refractivity contribution is 5.74. The second kappa shape index (κ2) is 7.58. The van der Waals surface area contributed by atoms with Gasteiger partial charge >= 0.3 is 0 Å². The van der Waals surface area contributed by atoms with E-state index in [1.54, 1.807) is 12.1 Å². The van der Waals surface area contributed by atoms with Crippen molar-refractivity contribution in [2.75, 3.05) is 26.2 Å². The normalized spacial score (nSPS) is 18.1. The third-order valence-electron chi connectivity index (χ3n) is 4.37. The number of nitrogens with zero attached hydrogens (tertiary/aromatic N) is 1. The number of carbonyl (C=O) groups is 1. The van der Waals surface area contributed by atoms with Crippen LogP contribution in [0.25, 0.3) is 0 Å². The molecule has 122 valence electrons. The van der Waals surface area contributed by atoms with Gasteiger partial charge in [0.05, 0.1) is 6.61 Å². The van der Waals surface area contributed by atoms with Gasteiger partial charge in [-0.1, -0.05) is 6.92 Å². The number of primary amides is 1. The minimum absolute atomic E-state index is 0.0624. The molecule has 0 unspecified atom stereocenters. The van der Waals surface area contributed by atoms with Crippen molar-refractivity contribution in [2.45, 2.75) is 32.6 Å². The van der Waals surface area contributed by atoms with Crippen molar-refractivity contribution in [3.63, 3.8) is 0 Å². The zero-order valence-corrected chi connectivity index (χ0v) is 13.2. The summed E-state index contributed by atoms with van der Waals surface area (Å²) in [5.41, 5.74) is 5.38. The van der Waals surface area contributed by atoms with E-state index in [1.807, 2.05) is 0 Å². The van der Waals surface area contributed by atoms with Gasteiger partial charge in [0.1, 0.15) is 11.6 Å². The van der Waals surface area contributed by atoms with Crippen LogP contribution in [-0.4, -0.2) is 37.0 Å². The third kappa shape index (κ3) is 5.30. The van der Waals surface area contributed by atoms with E-state index in [0.29, 0.717) is 18.8 Å². The summed E-state index contributed by atoms with van der Waals surface area (Å²) >= 11 is 0. The van der Waals surface area contributed by atoms with Crippen molar-refractivity contribution in [1.82, 2.24) is 4.90 Å². The summed E-state index contributed by atoms with van der Waals surface area (Å²) in [6.45, 7) is 5.75. The first-order chi connectivity index (χ1) is 10.5. The van der Waals surface area contributed by atoms with Crippen molar-refractivity contribution in [3.05, 3.63) is 30.1 Å². The van der Waals surface area contributed by atoms with Gasteiger partial charge in [0.25, 0.3) is 0 Å². The molecule has 22 heavy (non-hydrogen) atoms. The lowest BCUT2D eigenvalue weighted by molar-refractivity contribution is -0.120. The molecule has 2 N–H and O–H groups in total. The van der Waals surface area contributed by atoms with Crippen LogP contribution in [-0.2, 0) is 4.79 Å². The molecule has 0 aliphatic carbocycles. The topological polar surface area (TPSA) is 55.6 Å². The Morgan fingerprint density at radius 1 is 1.32 bits per heavy atom. The van der Waals surface area contributed by atoms with Gasteiger partial charge < -0.3 is 15.4 Å². The second-order valence-corrected chi connectivity index (χ2v) is 6.45. The van der Waals surface area contributed by atoms with Crippen molar-refractivity contribution in [2.24, 2.45) is 11.1 Å². The minimum atomic E-state index is -0.250. The average Bonchev–Trinajstić information content (AvgIpc) is 2.46. The van der Waals surface area contributed by atoms with Crippen LogP contribution in [0.2, 0.25) is 0 Å². The van der Waals surface area contributed by atoms with Gasteiger partial charge in [-0.3, -0.25) is 4.79 Å². The number of carbonyl (C=O) groups excluding carboxylic acids is 1. The smallest absolute Gasteiger partial charge is 0.217 e. The first kappa shape index (κ1) is 16.7. The average molecular weight is 308 g/mol. The first-order valence-corrected chi connectivity index (χ1v) is 7.86. The molecule has 2 rings (SSSR count). The molecule has 5 heteroatoms. The summed E-state index contributed by atoms with van der Waals surface area (Å²) in [6.07, 6.45) is 3.43. The fourth-order valence-corrected chi connectivity index (χ4v) is 2.92. The third-order valence-corrected chi connectivity index (χ3v) is 4.37.